The SMILES string of the molecule is CCC1CCC(C(N)c2nccn2C)C1. The first-order valence-electron chi connectivity index (χ1n) is 5.95. The Labute approximate surface area is 91.7 Å². The molecule has 0 spiro atoms. The van der Waals surface area contributed by atoms with Gasteiger partial charge in [0, 0.05) is 19.4 Å². The maximum Gasteiger partial charge on any atom is 0.125 e. The Bertz CT molecular complexity index is 318. The Hall–Kier alpha value is -0.830. The molecule has 2 rings (SSSR count). The van der Waals surface area contributed by atoms with Gasteiger partial charge in [-0.3, -0.25) is 0 Å². The molecule has 3 atom stereocenters. The molecular weight excluding hydrogens is 186 g/mol. The number of hydrogen-bond acceptors (Lipinski definition) is 2. The summed E-state index contributed by atoms with van der Waals surface area (Å²) in [6, 6.07) is 0.126. The minimum absolute atomic E-state index is 0.126. The quantitative estimate of drug-likeness (QED) is 0.826. The van der Waals surface area contributed by atoms with E-state index in [-0.39, 0.29) is 6.04 Å². The zero-order valence-corrected chi connectivity index (χ0v) is 9.69. The highest BCUT2D eigenvalue weighted by atomic mass is 15.1. The van der Waals surface area contributed by atoms with Gasteiger partial charge in [0.05, 0.1) is 6.04 Å². The van der Waals surface area contributed by atoms with E-state index >= 15 is 0 Å². The number of hydrogen-bond donors (Lipinski definition) is 1. The van der Waals surface area contributed by atoms with Gasteiger partial charge in [-0.2, -0.15) is 0 Å². The molecule has 1 saturated carbocycles. The van der Waals surface area contributed by atoms with E-state index in [9.17, 15) is 0 Å². The van der Waals surface area contributed by atoms with Crippen LogP contribution in [0.4, 0.5) is 0 Å². The highest BCUT2D eigenvalue weighted by Gasteiger charge is 2.30. The zero-order valence-electron chi connectivity index (χ0n) is 9.69. The average Bonchev–Trinajstić information content (AvgIpc) is 2.84. The summed E-state index contributed by atoms with van der Waals surface area (Å²) in [6.45, 7) is 2.28. The van der Waals surface area contributed by atoms with Crippen molar-refractivity contribution >= 4 is 0 Å². The number of aryl methyl sites for hydroxylation is 1. The third-order valence-electron chi connectivity index (χ3n) is 3.82. The second-order valence-electron chi connectivity index (χ2n) is 4.77. The van der Waals surface area contributed by atoms with Gasteiger partial charge in [0.1, 0.15) is 5.82 Å². The van der Waals surface area contributed by atoms with E-state index in [0.29, 0.717) is 5.92 Å². The van der Waals surface area contributed by atoms with Crippen molar-refractivity contribution in [2.24, 2.45) is 24.6 Å². The van der Waals surface area contributed by atoms with Crippen molar-refractivity contribution in [2.45, 2.75) is 38.6 Å². The summed E-state index contributed by atoms with van der Waals surface area (Å²) in [6.07, 6.45) is 9.00. The molecule has 1 aliphatic rings. The predicted molar refractivity (Wildman–Crippen MR) is 61.3 cm³/mol. The fourth-order valence-corrected chi connectivity index (χ4v) is 2.72. The molecule has 3 nitrogen and oxygen atoms in total. The fourth-order valence-electron chi connectivity index (χ4n) is 2.72. The molecule has 1 aromatic heterocycles. The summed E-state index contributed by atoms with van der Waals surface area (Å²) in [4.78, 5) is 4.35. The summed E-state index contributed by atoms with van der Waals surface area (Å²) in [5.74, 6) is 2.56. The maximum atomic E-state index is 6.28. The van der Waals surface area contributed by atoms with E-state index in [1.165, 1.54) is 25.7 Å². The molecule has 0 radical (unpaired) electrons. The van der Waals surface area contributed by atoms with E-state index < -0.39 is 0 Å². The van der Waals surface area contributed by atoms with Gasteiger partial charge in [0.2, 0.25) is 0 Å². The summed E-state index contributed by atoms with van der Waals surface area (Å²) in [5, 5.41) is 0. The van der Waals surface area contributed by atoms with Crippen LogP contribution in [-0.2, 0) is 7.05 Å². The van der Waals surface area contributed by atoms with Crippen LogP contribution in [0.5, 0.6) is 0 Å². The molecule has 1 fully saturated rings. The number of imidazole rings is 1. The summed E-state index contributed by atoms with van der Waals surface area (Å²) < 4.78 is 2.05. The minimum atomic E-state index is 0.126. The second-order valence-corrected chi connectivity index (χ2v) is 4.77. The first-order chi connectivity index (χ1) is 7.22. The largest absolute Gasteiger partial charge is 0.337 e. The van der Waals surface area contributed by atoms with Crippen LogP contribution < -0.4 is 5.73 Å². The number of nitrogens with two attached hydrogens (primary N) is 1. The number of rotatable bonds is 3. The van der Waals surface area contributed by atoms with Gasteiger partial charge in [-0.25, -0.2) is 4.98 Å². The molecule has 1 aromatic rings. The Morgan fingerprint density at radius 3 is 2.93 bits per heavy atom. The maximum absolute atomic E-state index is 6.28. The molecule has 0 amide bonds. The second kappa shape index (κ2) is 4.35. The van der Waals surface area contributed by atoms with Crippen molar-refractivity contribution in [2.75, 3.05) is 0 Å². The molecular formula is C12H21N3. The van der Waals surface area contributed by atoms with Gasteiger partial charge in [0.15, 0.2) is 0 Å². The fraction of sp³-hybridized carbons (Fsp3) is 0.750. The average molecular weight is 207 g/mol. The highest BCUT2D eigenvalue weighted by Crippen LogP contribution is 2.38. The third-order valence-corrected chi connectivity index (χ3v) is 3.82. The van der Waals surface area contributed by atoms with Crippen LogP contribution in [0.1, 0.15) is 44.5 Å². The molecule has 0 saturated heterocycles. The highest BCUT2D eigenvalue weighted by molar-refractivity contribution is 5.01. The Balaban J connectivity index is 2.03. The van der Waals surface area contributed by atoms with E-state index in [1.807, 2.05) is 24.0 Å². The number of nitrogens with zero attached hydrogens (tertiary/aromatic N) is 2. The van der Waals surface area contributed by atoms with Crippen LogP contribution in [0, 0.1) is 11.8 Å². The molecule has 84 valence electrons. The van der Waals surface area contributed by atoms with Crippen LogP contribution >= 0.6 is 0 Å². The molecule has 0 aliphatic heterocycles. The number of aromatic nitrogens is 2. The van der Waals surface area contributed by atoms with Crippen molar-refractivity contribution < 1.29 is 0 Å². The standard InChI is InChI=1S/C12H21N3/c1-3-9-4-5-10(8-9)11(13)12-14-6-7-15(12)2/h6-7,9-11H,3-5,8,13H2,1-2H3. The van der Waals surface area contributed by atoms with Gasteiger partial charge in [-0.15, -0.1) is 0 Å². The molecule has 0 aromatic carbocycles. The Morgan fingerprint density at radius 1 is 1.60 bits per heavy atom. The van der Waals surface area contributed by atoms with Crippen LogP contribution in [0.15, 0.2) is 12.4 Å². The molecule has 1 heterocycles. The van der Waals surface area contributed by atoms with Crippen molar-refractivity contribution in [3.8, 4) is 0 Å². The Morgan fingerprint density at radius 2 is 2.40 bits per heavy atom. The molecule has 3 unspecified atom stereocenters. The smallest absolute Gasteiger partial charge is 0.125 e. The van der Waals surface area contributed by atoms with Crippen LogP contribution in [0.2, 0.25) is 0 Å². The normalized spacial score (nSPS) is 28.2. The third kappa shape index (κ3) is 2.07. The van der Waals surface area contributed by atoms with Crippen LogP contribution in [0.3, 0.4) is 0 Å². The lowest BCUT2D eigenvalue weighted by atomic mass is 9.96. The van der Waals surface area contributed by atoms with Crippen molar-refractivity contribution in [1.29, 1.82) is 0 Å². The Kier molecular flexibility index (Phi) is 3.10. The van der Waals surface area contributed by atoms with Gasteiger partial charge in [0.25, 0.3) is 0 Å². The van der Waals surface area contributed by atoms with E-state index in [0.717, 1.165) is 11.7 Å². The van der Waals surface area contributed by atoms with E-state index in [1.54, 1.807) is 0 Å². The van der Waals surface area contributed by atoms with Crippen molar-refractivity contribution in [3.05, 3.63) is 18.2 Å². The van der Waals surface area contributed by atoms with Gasteiger partial charge in [-0.05, 0) is 24.7 Å². The molecule has 3 heteroatoms. The van der Waals surface area contributed by atoms with Crippen molar-refractivity contribution in [1.82, 2.24) is 9.55 Å². The van der Waals surface area contributed by atoms with E-state index in [4.69, 9.17) is 5.73 Å². The predicted octanol–water partition coefficient (Wildman–Crippen LogP) is 2.25. The summed E-state index contributed by atoms with van der Waals surface area (Å²) in [5.41, 5.74) is 6.28. The molecule has 0 bridgehead atoms. The lowest BCUT2D eigenvalue weighted by Crippen LogP contribution is -2.22. The zero-order chi connectivity index (χ0) is 10.8. The summed E-state index contributed by atoms with van der Waals surface area (Å²) in [7, 11) is 2.02. The minimum Gasteiger partial charge on any atom is -0.337 e. The lowest BCUT2D eigenvalue weighted by molar-refractivity contribution is 0.397. The van der Waals surface area contributed by atoms with Crippen LogP contribution in [-0.4, -0.2) is 9.55 Å². The molecule has 2 N–H and O–H groups in total. The van der Waals surface area contributed by atoms with Crippen LogP contribution in [0.25, 0.3) is 0 Å². The summed E-state index contributed by atoms with van der Waals surface area (Å²) >= 11 is 0. The van der Waals surface area contributed by atoms with Crippen molar-refractivity contribution in [3.63, 3.8) is 0 Å². The topological polar surface area (TPSA) is 43.8 Å². The van der Waals surface area contributed by atoms with E-state index in [2.05, 4.69) is 11.9 Å². The molecule has 15 heavy (non-hydrogen) atoms. The lowest BCUT2D eigenvalue weighted by Gasteiger charge is -2.18. The molecule has 1 aliphatic carbocycles. The van der Waals surface area contributed by atoms with Gasteiger partial charge >= 0.3 is 0 Å². The first-order valence-corrected chi connectivity index (χ1v) is 5.95. The monoisotopic (exact) mass is 207 g/mol. The first kappa shape index (κ1) is 10.7. The van der Waals surface area contributed by atoms with Gasteiger partial charge in [-0.1, -0.05) is 19.8 Å². The van der Waals surface area contributed by atoms with Gasteiger partial charge < -0.3 is 10.3 Å².